The van der Waals surface area contributed by atoms with Gasteiger partial charge in [0.2, 0.25) is 0 Å². The van der Waals surface area contributed by atoms with Gasteiger partial charge in [-0.3, -0.25) is 9.72 Å². The monoisotopic (exact) mass is 428 g/mol. The maximum absolute atomic E-state index is 14.4. The molecule has 0 bridgehead atoms. The minimum atomic E-state index is -0.546. The summed E-state index contributed by atoms with van der Waals surface area (Å²) in [6.45, 7) is 1.92. The van der Waals surface area contributed by atoms with Crippen LogP contribution in [0.25, 0.3) is 16.9 Å². The average Bonchev–Trinajstić information content (AvgIpc) is 3.02. The summed E-state index contributed by atoms with van der Waals surface area (Å²) in [4.78, 5) is 17.2. The number of amides is 2. The number of rotatable bonds is 3. The molecular formula is C21H15Cl2FN4O. The summed E-state index contributed by atoms with van der Waals surface area (Å²) in [6, 6.07) is 14.2. The molecule has 0 radical (unpaired) electrons. The Morgan fingerprint density at radius 1 is 1.07 bits per heavy atom. The van der Waals surface area contributed by atoms with Crippen LogP contribution >= 0.6 is 23.2 Å². The molecule has 2 aromatic carbocycles. The first kappa shape index (κ1) is 19.2. The molecule has 29 heavy (non-hydrogen) atoms. The van der Waals surface area contributed by atoms with E-state index >= 15 is 0 Å². The maximum atomic E-state index is 14.4. The lowest BCUT2D eigenvalue weighted by Gasteiger charge is -2.11. The van der Waals surface area contributed by atoms with E-state index in [4.69, 9.17) is 23.2 Å². The van der Waals surface area contributed by atoms with E-state index in [0.29, 0.717) is 32.9 Å². The maximum Gasteiger partial charge on any atom is 0.324 e. The fraction of sp³-hybridized carbons (Fsp3) is 0.0476. The van der Waals surface area contributed by atoms with Crippen LogP contribution in [0.5, 0.6) is 0 Å². The Bertz CT molecular complexity index is 1240. The van der Waals surface area contributed by atoms with E-state index in [1.54, 1.807) is 40.8 Å². The number of nitrogens with zero attached hydrogens (tertiary/aromatic N) is 2. The molecule has 0 aliphatic heterocycles. The van der Waals surface area contributed by atoms with Crippen molar-refractivity contribution >= 4 is 46.4 Å². The highest BCUT2D eigenvalue weighted by molar-refractivity contribution is 6.36. The largest absolute Gasteiger partial charge is 0.324 e. The van der Waals surface area contributed by atoms with Gasteiger partial charge in [0.15, 0.2) is 0 Å². The Balaban J connectivity index is 1.75. The highest BCUT2D eigenvalue weighted by Gasteiger charge is 2.19. The Labute approximate surface area is 176 Å². The number of urea groups is 1. The number of aryl methyl sites for hydroxylation is 1. The summed E-state index contributed by atoms with van der Waals surface area (Å²) in [7, 11) is 0. The summed E-state index contributed by atoms with van der Waals surface area (Å²) in [5.41, 5.74) is 2.54. The van der Waals surface area contributed by atoms with Gasteiger partial charge in [-0.05, 0) is 48.9 Å². The molecule has 8 heteroatoms. The fourth-order valence-corrected chi connectivity index (χ4v) is 3.42. The van der Waals surface area contributed by atoms with Crippen LogP contribution in [0.2, 0.25) is 10.0 Å². The van der Waals surface area contributed by atoms with E-state index in [1.165, 1.54) is 12.1 Å². The first-order chi connectivity index (χ1) is 13.9. The van der Waals surface area contributed by atoms with Gasteiger partial charge in [0.25, 0.3) is 0 Å². The average molecular weight is 429 g/mol. The van der Waals surface area contributed by atoms with Crippen LogP contribution in [0.3, 0.4) is 0 Å². The van der Waals surface area contributed by atoms with Gasteiger partial charge in [0.05, 0.1) is 10.7 Å². The number of nitrogens with one attached hydrogen (secondary N) is 2. The molecule has 2 N–H and O–H groups in total. The number of anilines is 2. The first-order valence-electron chi connectivity index (χ1n) is 8.69. The number of hydrogen-bond acceptors (Lipinski definition) is 2. The van der Waals surface area contributed by atoms with Gasteiger partial charge in [-0.25, -0.2) is 14.2 Å². The van der Waals surface area contributed by atoms with Crippen LogP contribution in [0.4, 0.5) is 20.7 Å². The zero-order valence-electron chi connectivity index (χ0n) is 15.2. The van der Waals surface area contributed by atoms with Gasteiger partial charge in [0, 0.05) is 16.8 Å². The van der Waals surface area contributed by atoms with Crippen molar-refractivity contribution < 1.29 is 9.18 Å². The molecule has 2 heterocycles. The fourth-order valence-electron chi connectivity index (χ4n) is 2.96. The minimum absolute atomic E-state index is 0.286. The van der Waals surface area contributed by atoms with Gasteiger partial charge in [-0.15, -0.1) is 0 Å². The third-order valence-electron chi connectivity index (χ3n) is 4.31. The molecule has 0 unspecified atom stereocenters. The number of fused-ring (bicyclic) bond motifs is 1. The highest BCUT2D eigenvalue weighted by Crippen LogP contribution is 2.31. The summed E-state index contributed by atoms with van der Waals surface area (Å²) in [5, 5.41) is 6.20. The molecule has 2 amide bonds. The normalized spacial score (nSPS) is 10.9. The zero-order valence-corrected chi connectivity index (χ0v) is 16.7. The minimum Gasteiger partial charge on any atom is -0.306 e. The van der Waals surface area contributed by atoms with Crippen LogP contribution < -0.4 is 10.6 Å². The molecule has 0 saturated heterocycles. The van der Waals surface area contributed by atoms with Crippen molar-refractivity contribution in [1.82, 2.24) is 9.38 Å². The standard InChI is InChI=1S/C21H15Cl2FN4O/c1-12-6-9-18-26-19(14-4-2-3-5-16(14)24)20(28(18)11-12)27-21(29)25-17-8-7-13(22)10-15(17)23/h2-11H,1H3,(H2,25,27,29). The molecule has 0 saturated carbocycles. The number of carbonyl (C=O) groups excluding carboxylic acids is 1. The molecule has 146 valence electrons. The number of hydrogen-bond donors (Lipinski definition) is 2. The number of aromatic nitrogens is 2. The van der Waals surface area contributed by atoms with Crippen LogP contribution in [0, 0.1) is 12.7 Å². The second-order valence-corrected chi connectivity index (χ2v) is 7.27. The van der Waals surface area contributed by atoms with E-state index in [9.17, 15) is 9.18 Å². The van der Waals surface area contributed by atoms with Gasteiger partial charge in [-0.2, -0.15) is 0 Å². The van der Waals surface area contributed by atoms with Crippen molar-refractivity contribution in [1.29, 1.82) is 0 Å². The molecule has 4 rings (SSSR count). The number of pyridine rings is 1. The summed E-state index contributed by atoms with van der Waals surface area (Å²) >= 11 is 12.0. The molecule has 2 aromatic heterocycles. The number of halogens is 3. The Hall–Kier alpha value is -3.09. The lowest BCUT2D eigenvalue weighted by atomic mass is 10.1. The topological polar surface area (TPSA) is 58.4 Å². The van der Waals surface area contributed by atoms with Crippen molar-refractivity contribution in [2.45, 2.75) is 6.92 Å². The van der Waals surface area contributed by atoms with Crippen molar-refractivity contribution in [3.05, 3.63) is 82.2 Å². The molecule has 0 spiro atoms. The molecule has 0 aliphatic carbocycles. The van der Waals surface area contributed by atoms with Gasteiger partial charge >= 0.3 is 6.03 Å². The van der Waals surface area contributed by atoms with Gasteiger partial charge in [-0.1, -0.05) is 41.4 Å². The Kier molecular flexibility index (Phi) is 5.13. The second-order valence-electron chi connectivity index (χ2n) is 6.43. The second kappa shape index (κ2) is 7.73. The Morgan fingerprint density at radius 2 is 1.86 bits per heavy atom. The first-order valence-corrected chi connectivity index (χ1v) is 9.44. The van der Waals surface area contributed by atoms with Crippen LogP contribution in [-0.4, -0.2) is 15.4 Å². The number of carbonyl (C=O) groups is 1. The molecule has 0 fully saturated rings. The van der Waals surface area contributed by atoms with Crippen molar-refractivity contribution in [3.8, 4) is 11.3 Å². The highest BCUT2D eigenvalue weighted by atomic mass is 35.5. The molecule has 0 aliphatic rings. The SMILES string of the molecule is Cc1ccc2nc(-c3ccccc3F)c(NC(=O)Nc3ccc(Cl)cc3Cl)n2c1. The van der Waals surface area contributed by atoms with E-state index in [-0.39, 0.29) is 5.56 Å². The van der Waals surface area contributed by atoms with Crippen LogP contribution in [0.15, 0.2) is 60.8 Å². The van der Waals surface area contributed by atoms with E-state index in [0.717, 1.165) is 5.56 Å². The smallest absolute Gasteiger partial charge is 0.306 e. The Morgan fingerprint density at radius 3 is 2.62 bits per heavy atom. The molecule has 4 aromatic rings. The molecule has 0 atom stereocenters. The zero-order chi connectivity index (χ0) is 20.5. The van der Waals surface area contributed by atoms with Crippen molar-refractivity contribution in [3.63, 3.8) is 0 Å². The van der Waals surface area contributed by atoms with E-state index < -0.39 is 11.8 Å². The van der Waals surface area contributed by atoms with Gasteiger partial charge in [0.1, 0.15) is 23.0 Å². The summed E-state index contributed by atoms with van der Waals surface area (Å²) in [5.74, 6) is -0.0896. The third-order valence-corrected chi connectivity index (χ3v) is 4.85. The number of imidazole rings is 1. The summed E-state index contributed by atoms with van der Waals surface area (Å²) < 4.78 is 16.1. The van der Waals surface area contributed by atoms with E-state index in [1.807, 2.05) is 19.2 Å². The summed E-state index contributed by atoms with van der Waals surface area (Å²) in [6.07, 6.45) is 1.82. The third kappa shape index (κ3) is 3.90. The van der Waals surface area contributed by atoms with Gasteiger partial charge < -0.3 is 5.32 Å². The van der Waals surface area contributed by atoms with Crippen LogP contribution in [-0.2, 0) is 0 Å². The van der Waals surface area contributed by atoms with Crippen molar-refractivity contribution in [2.24, 2.45) is 0 Å². The predicted octanol–water partition coefficient (Wildman–Crippen LogP) is 6.40. The van der Waals surface area contributed by atoms with E-state index in [2.05, 4.69) is 15.6 Å². The lowest BCUT2D eigenvalue weighted by molar-refractivity contribution is 0.262. The number of benzene rings is 2. The van der Waals surface area contributed by atoms with Crippen molar-refractivity contribution in [2.75, 3.05) is 10.6 Å². The quantitative estimate of drug-likeness (QED) is 0.396. The molecular weight excluding hydrogens is 414 g/mol. The lowest BCUT2D eigenvalue weighted by Crippen LogP contribution is -2.21. The predicted molar refractivity (Wildman–Crippen MR) is 114 cm³/mol. The molecule has 5 nitrogen and oxygen atoms in total. The van der Waals surface area contributed by atoms with Crippen LogP contribution in [0.1, 0.15) is 5.56 Å².